The van der Waals surface area contributed by atoms with Crippen molar-refractivity contribution in [3.05, 3.63) is 71.8 Å². The van der Waals surface area contributed by atoms with Gasteiger partial charge in [-0.05, 0) is 17.7 Å². The van der Waals surface area contributed by atoms with Gasteiger partial charge in [-0.25, -0.2) is 4.39 Å². The lowest BCUT2D eigenvalue weighted by atomic mass is 10.2. The van der Waals surface area contributed by atoms with Crippen molar-refractivity contribution < 1.29 is 4.39 Å². The van der Waals surface area contributed by atoms with E-state index in [1.165, 1.54) is 5.56 Å². The summed E-state index contributed by atoms with van der Waals surface area (Å²) >= 11 is 0. The predicted molar refractivity (Wildman–Crippen MR) is 86.0 cm³/mol. The van der Waals surface area contributed by atoms with Crippen LogP contribution in [0, 0.1) is 5.82 Å². The Bertz CT molecular complexity index is 799. The molecular weight excluding hydrogens is 291 g/mol. The van der Waals surface area contributed by atoms with Gasteiger partial charge < -0.3 is 0 Å². The summed E-state index contributed by atoms with van der Waals surface area (Å²) in [7, 11) is 0. The van der Waals surface area contributed by atoms with E-state index in [1.807, 2.05) is 30.3 Å². The zero-order valence-electron chi connectivity index (χ0n) is 12.7. The lowest BCUT2D eigenvalue weighted by molar-refractivity contribution is 0.201. The third kappa shape index (κ3) is 2.75. The number of fused-ring (bicyclic) bond motifs is 1. The summed E-state index contributed by atoms with van der Waals surface area (Å²) in [6.07, 6.45) is 1.66. The standard InChI is InChI=1S/C18H17FN4/c19-17-16-13-22(12-14-6-2-1-3-7-14)10-11-23(16)21-18(17)15-8-4-5-9-20-15/h1-9H,10-13H2. The molecule has 0 radical (unpaired) electrons. The summed E-state index contributed by atoms with van der Waals surface area (Å²) in [6.45, 7) is 2.96. The van der Waals surface area contributed by atoms with Crippen LogP contribution in [0.3, 0.4) is 0 Å². The van der Waals surface area contributed by atoms with Crippen LogP contribution in [0.1, 0.15) is 11.3 Å². The summed E-state index contributed by atoms with van der Waals surface area (Å²) in [5.74, 6) is -0.249. The van der Waals surface area contributed by atoms with Gasteiger partial charge in [-0.2, -0.15) is 5.10 Å². The molecule has 4 nitrogen and oxygen atoms in total. The second-order valence-corrected chi connectivity index (χ2v) is 5.74. The lowest BCUT2D eigenvalue weighted by Gasteiger charge is -2.27. The molecule has 0 atom stereocenters. The van der Waals surface area contributed by atoms with E-state index in [9.17, 15) is 4.39 Å². The van der Waals surface area contributed by atoms with Crippen molar-refractivity contribution in [2.45, 2.75) is 19.6 Å². The van der Waals surface area contributed by atoms with Gasteiger partial charge in [0.25, 0.3) is 0 Å². The largest absolute Gasteiger partial charge is 0.291 e. The van der Waals surface area contributed by atoms with E-state index in [2.05, 4.69) is 27.1 Å². The predicted octanol–water partition coefficient (Wildman–Crippen LogP) is 3.10. The lowest BCUT2D eigenvalue weighted by Crippen LogP contribution is -2.33. The maximum Gasteiger partial charge on any atom is 0.175 e. The van der Waals surface area contributed by atoms with Crippen molar-refractivity contribution >= 4 is 0 Å². The Morgan fingerprint density at radius 3 is 2.61 bits per heavy atom. The van der Waals surface area contributed by atoms with Gasteiger partial charge in [0.15, 0.2) is 5.82 Å². The highest BCUT2D eigenvalue weighted by Gasteiger charge is 2.25. The van der Waals surface area contributed by atoms with Crippen LogP contribution in [0.25, 0.3) is 11.4 Å². The smallest absolute Gasteiger partial charge is 0.175 e. The van der Waals surface area contributed by atoms with E-state index in [-0.39, 0.29) is 5.82 Å². The van der Waals surface area contributed by atoms with Gasteiger partial charge >= 0.3 is 0 Å². The van der Waals surface area contributed by atoms with Gasteiger partial charge in [0.2, 0.25) is 0 Å². The fraction of sp³-hybridized carbons (Fsp3) is 0.222. The van der Waals surface area contributed by atoms with Crippen molar-refractivity contribution in [1.82, 2.24) is 19.7 Å². The SMILES string of the molecule is Fc1c(-c2ccccn2)nn2c1CN(Cc1ccccc1)CC2. The van der Waals surface area contributed by atoms with E-state index in [1.54, 1.807) is 16.9 Å². The average Bonchev–Trinajstić information content (AvgIpc) is 2.93. The molecule has 116 valence electrons. The molecule has 0 spiro atoms. The molecule has 0 saturated heterocycles. The van der Waals surface area contributed by atoms with Crippen LogP contribution >= 0.6 is 0 Å². The van der Waals surface area contributed by atoms with Crippen LogP contribution in [0.15, 0.2) is 54.7 Å². The number of hydrogen-bond donors (Lipinski definition) is 0. The van der Waals surface area contributed by atoms with Crippen LogP contribution in [0.2, 0.25) is 0 Å². The summed E-state index contributed by atoms with van der Waals surface area (Å²) in [4.78, 5) is 6.46. The molecule has 0 unspecified atom stereocenters. The van der Waals surface area contributed by atoms with Crippen LogP contribution in [0.4, 0.5) is 4.39 Å². The van der Waals surface area contributed by atoms with E-state index in [0.717, 1.165) is 13.1 Å². The van der Waals surface area contributed by atoms with E-state index in [0.29, 0.717) is 30.2 Å². The molecule has 0 fully saturated rings. The maximum atomic E-state index is 14.8. The molecule has 0 aliphatic carbocycles. The Labute approximate surface area is 134 Å². The quantitative estimate of drug-likeness (QED) is 0.745. The van der Waals surface area contributed by atoms with Crippen LogP contribution < -0.4 is 0 Å². The number of halogens is 1. The zero-order valence-corrected chi connectivity index (χ0v) is 12.7. The molecule has 0 saturated carbocycles. The highest BCUT2D eigenvalue weighted by atomic mass is 19.1. The summed E-state index contributed by atoms with van der Waals surface area (Å²) < 4.78 is 16.5. The molecule has 1 aromatic carbocycles. The summed E-state index contributed by atoms with van der Waals surface area (Å²) in [6, 6.07) is 15.7. The van der Waals surface area contributed by atoms with Gasteiger partial charge in [0.05, 0.1) is 17.9 Å². The first kappa shape index (κ1) is 14.1. The Morgan fingerprint density at radius 1 is 1.00 bits per heavy atom. The molecule has 3 heterocycles. The topological polar surface area (TPSA) is 34.0 Å². The molecule has 2 aromatic heterocycles. The third-order valence-electron chi connectivity index (χ3n) is 4.15. The Hall–Kier alpha value is -2.53. The fourth-order valence-corrected chi connectivity index (χ4v) is 2.98. The highest BCUT2D eigenvalue weighted by Crippen LogP contribution is 2.25. The average molecular weight is 308 g/mol. The van der Waals surface area contributed by atoms with Gasteiger partial charge in [-0.3, -0.25) is 14.6 Å². The van der Waals surface area contributed by atoms with Crippen LogP contribution in [0.5, 0.6) is 0 Å². The second kappa shape index (κ2) is 5.93. The number of pyridine rings is 1. The number of benzene rings is 1. The molecule has 5 heteroatoms. The van der Waals surface area contributed by atoms with Crippen molar-refractivity contribution in [3.8, 4) is 11.4 Å². The normalized spacial score (nSPS) is 14.7. The highest BCUT2D eigenvalue weighted by molar-refractivity contribution is 5.55. The maximum absolute atomic E-state index is 14.8. The summed E-state index contributed by atoms with van der Waals surface area (Å²) in [5.41, 5.74) is 2.82. The molecular formula is C18H17FN4. The molecule has 3 aromatic rings. The van der Waals surface area contributed by atoms with Crippen molar-refractivity contribution in [2.75, 3.05) is 6.54 Å². The van der Waals surface area contributed by atoms with Gasteiger partial charge in [-0.1, -0.05) is 36.4 Å². The van der Waals surface area contributed by atoms with Crippen LogP contribution in [-0.4, -0.2) is 26.2 Å². The zero-order chi connectivity index (χ0) is 15.6. The summed E-state index contributed by atoms with van der Waals surface area (Å²) in [5, 5.41) is 4.41. The number of aromatic nitrogens is 3. The number of nitrogens with zero attached hydrogens (tertiary/aromatic N) is 4. The third-order valence-corrected chi connectivity index (χ3v) is 4.15. The van der Waals surface area contributed by atoms with E-state index < -0.39 is 0 Å². The molecule has 1 aliphatic heterocycles. The minimum absolute atomic E-state index is 0.249. The monoisotopic (exact) mass is 308 g/mol. The minimum Gasteiger partial charge on any atom is -0.291 e. The van der Waals surface area contributed by atoms with Gasteiger partial charge in [0.1, 0.15) is 5.69 Å². The fourth-order valence-electron chi connectivity index (χ4n) is 2.98. The molecule has 0 bridgehead atoms. The minimum atomic E-state index is -0.249. The van der Waals surface area contributed by atoms with Crippen molar-refractivity contribution in [1.29, 1.82) is 0 Å². The van der Waals surface area contributed by atoms with Crippen LogP contribution in [-0.2, 0) is 19.6 Å². The Balaban J connectivity index is 1.59. The second-order valence-electron chi connectivity index (χ2n) is 5.74. The molecule has 0 N–H and O–H groups in total. The van der Waals surface area contributed by atoms with E-state index in [4.69, 9.17) is 0 Å². The molecule has 1 aliphatic rings. The Morgan fingerprint density at radius 2 is 1.83 bits per heavy atom. The van der Waals surface area contributed by atoms with Gasteiger partial charge in [-0.15, -0.1) is 0 Å². The first-order valence-electron chi connectivity index (χ1n) is 7.74. The first-order chi connectivity index (χ1) is 11.3. The van der Waals surface area contributed by atoms with Gasteiger partial charge in [0, 0.05) is 25.8 Å². The molecule has 4 rings (SSSR count). The first-order valence-corrected chi connectivity index (χ1v) is 7.74. The molecule has 23 heavy (non-hydrogen) atoms. The number of hydrogen-bond acceptors (Lipinski definition) is 3. The number of rotatable bonds is 3. The molecule has 0 amide bonds. The van der Waals surface area contributed by atoms with E-state index >= 15 is 0 Å². The Kier molecular flexibility index (Phi) is 3.63. The van der Waals surface area contributed by atoms with Crippen molar-refractivity contribution in [3.63, 3.8) is 0 Å². The van der Waals surface area contributed by atoms with Crippen molar-refractivity contribution in [2.24, 2.45) is 0 Å².